The van der Waals surface area contributed by atoms with Crippen molar-refractivity contribution in [2.45, 2.75) is 31.2 Å². The molecule has 3 atom stereocenters. The van der Waals surface area contributed by atoms with E-state index in [1.54, 1.807) is 0 Å². The van der Waals surface area contributed by atoms with Crippen molar-refractivity contribution in [3.05, 3.63) is 29.8 Å². The van der Waals surface area contributed by atoms with Crippen LogP contribution in [-0.4, -0.2) is 30.2 Å². The molecule has 0 radical (unpaired) electrons. The summed E-state index contributed by atoms with van der Waals surface area (Å²) in [5.74, 6) is 0.215. The van der Waals surface area contributed by atoms with E-state index in [0.717, 1.165) is 30.5 Å². The molecule has 1 aliphatic carbocycles. The molecular weight excluding hydrogens is 240 g/mol. The second-order valence-electron chi connectivity index (χ2n) is 5.51. The molecule has 19 heavy (non-hydrogen) atoms. The third-order valence-electron chi connectivity index (χ3n) is 4.37. The summed E-state index contributed by atoms with van der Waals surface area (Å²) in [4.78, 5) is 12.4. The third-order valence-corrected chi connectivity index (χ3v) is 4.37. The van der Waals surface area contributed by atoms with Gasteiger partial charge in [-0.1, -0.05) is 24.6 Å². The minimum atomic E-state index is -0.101. The predicted molar refractivity (Wildman–Crippen MR) is 74.0 cm³/mol. The number of hydrogen-bond acceptors (Lipinski definition) is 3. The number of para-hydroxylation sites is 1. The Balaban J connectivity index is 1.69. The number of anilines is 1. The van der Waals surface area contributed by atoms with Gasteiger partial charge in [-0.3, -0.25) is 4.79 Å². The van der Waals surface area contributed by atoms with Gasteiger partial charge < -0.3 is 15.7 Å². The SMILES string of the molecule is O=C(NC1CCCC1CO)C1CNc2ccccc21. The first-order valence-corrected chi connectivity index (χ1v) is 7.03. The molecule has 3 unspecified atom stereocenters. The van der Waals surface area contributed by atoms with Crippen molar-refractivity contribution in [1.29, 1.82) is 0 Å². The van der Waals surface area contributed by atoms with Crippen molar-refractivity contribution in [3.8, 4) is 0 Å². The number of rotatable bonds is 3. The van der Waals surface area contributed by atoms with Crippen LogP contribution in [0.4, 0.5) is 5.69 Å². The molecule has 2 aliphatic rings. The first-order valence-electron chi connectivity index (χ1n) is 7.03. The molecule has 1 amide bonds. The summed E-state index contributed by atoms with van der Waals surface area (Å²) in [6.07, 6.45) is 3.09. The number of nitrogens with one attached hydrogen (secondary N) is 2. The lowest BCUT2D eigenvalue weighted by molar-refractivity contribution is -0.123. The largest absolute Gasteiger partial charge is 0.396 e. The topological polar surface area (TPSA) is 61.4 Å². The summed E-state index contributed by atoms with van der Waals surface area (Å²) in [5, 5.41) is 15.7. The van der Waals surface area contributed by atoms with Gasteiger partial charge >= 0.3 is 0 Å². The van der Waals surface area contributed by atoms with Crippen molar-refractivity contribution < 1.29 is 9.90 Å². The Morgan fingerprint density at radius 2 is 2.21 bits per heavy atom. The minimum Gasteiger partial charge on any atom is -0.396 e. The van der Waals surface area contributed by atoms with Crippen LogP contribution in [0.1, 0.15) is 30.7 Å². The zero-order chi connectivity index (χ0) is 13.2. The molecule has 0 bridgehead atoms. The zero-order valence-electron chi connectivity index (χ0n) is 10.9. The van der Waals surface area contributed by atoms with Gasteiger partial charge in [0, 0.05) is 30.8 Å². The number of aliphatic hydroxyl groups is 1. The van der Waals surface area contributed by atoms with Gasteiger partial charge in [0.2, 0.25) is 5.91 Å². The van der Waals surface area contributed by atoms with E-state index in [-0.39, 0.29) is 30.4 Å². The number of fused-ring (bicyclic) bond motifs is 1. The highest BCUT2D eigenvalue weighted by Crippen LogP contribution is 2.32. The number of aliphatic hydroxyl groups excluding tert-OH is 1. The molecule has 1 aromatic rings. The molecule has 0 aromatic heterocycles. The average Bonchev–Trinajstić information content (AvgIpc) is 3.04. The van der Waals surface area contributed by atoms with E-state index in [0.29, 0.717) is 6.54 Å². The third kappa shape index (κ3) is 2.32. The van der Waals surface area contributed by atoms with Crippen molar-refractivity contribution in [2.24, 2.45) is 5.92 Å². The van der Waals surface area contributed by atoms with E-state index in [4.69, 9.17) is 0 Å². The van der Waals surface area contributed by atoms with E-state index in [9.17, 15) is 9.90 Å². The van der Waals surface area contributed by atoms with Crippen LogP contribution in [0.5, 0.6) is 0 Å². The fourth-order valence-corrected chi connectivity index (χ4v) is 3.25. The van der Waals surface area contributed by atoms with E-state index in [2.05, 4.69) is 10.6 Å². The van der Waals surface area contributed by atoms with Crippen molar-refractivity contribution in [3.63, 3.8) is 0 Å². The van der Waals surface area contributed by atoms with E-state index in [1.807, 2.05) is 24.3 Å². The standard InChI is InChI=1S/C15H20N2O2/c18-9-10-4-3-7-13(10)17-15(19)12-8-16-14-6-2-1-5-11(12)14/h1-2,5-6,10,12-13,16,18H,3-4,7-9H2,(H,17,19). The molecule has 3 N–H and O–H groups in total. The average molecular weight is 260 g/mol. The van der Waals surface area contributed by atoms with Gasteiger partial charge in [-0.2, -0.15) is 0 Å². The van der Waals surface area contributed by atoms with Gasteiger partial charge in [0.05, 0.1) is 5.92 Å². The first-order chi connectivity index (χ1) is 9.29. The number of carbonyl (C=O) groups is 1. The Kier molecular flexibility index (Phi) is 3.42. The van der Waals surface area contributed by atoms with Crippen LogP contribution in [0.3, 0.4) is 0 Å². The lowest BCUT2D eigenvalue weighted by atomic mass is 9.98. The van der Waals surface area contributed by atoms with Gasteiger partial charge in [-0.05, 0) is 24.5 Å². The fourth-order valence-electron chi connectivity index (χ4n) is 3.25. The van der Waals surface area contributed by atoms with Gasteiger partial charge in [-0.25, -0.2) is 0 Å². The molecule has 1 aliphatic heterocycles. The first kappa shape index (κ1) is 12.5. The monoisotopic (exact) mass is 260 g/mol. The summed E-state index contributed by atoms with van der Waals surface area (Å²) < 4.78 is 0. The Bertz CT molecular complexity index is 475. The molecule has 4 nitrogen and oxygen atoms in total. The van der Waals surface area contributed by atoms with Crippen LogP contribution < -0.4 is 10.6 Å². The van der Waals surface area contributed by atoms with Gasteiger partial charge in [0.25, 0.3) is 0 Å². The quantitative estimate of drug-likeness (QED) is 0.771. The maximum Gasteiger partial charge on any atom is 0.229 e. The molecule has 4 heteroatoms. The summed E-state index contributed by atoms with van der Waals surface area (Å²) in [6, 6.07) is 8.11. The zero-order valence-corrected chi connectivity index (χ0v) is 10.9. The van der Waals surface area contributed by atoms with Crippen molar-refractivity contribution >= 4 is 11.6 Å². The molecule has 0 saturated heterocycles. The second-order valence-corrected chi connectivity index (χ2v) is 5.51. The normalized spacial score (nSPS) is 28.8. The molecule has 3 rings (SSSR count). The van der Waals surface area contributed by atoms with E-state index < -0.39 is 0 Å². The summed E-state index contributed by atoms with van der Waals surface area (Å²) in [6.45, 7) is 0.839. The van der Waals surface area contributed by atoms with Crippen LogP contribution >= 0.6 is 0 Å². The lowest BCUT2D eigenvalue weighted by Crippen LogP contribution is -2.41. The van der Waals surface area contributed by atoms with Crippen LogP contribution in [0.25, 0.3) is 0 Å². The molecule has 1 fully saturated rings. The van der Waals surface area contributed by atoms with Crippen molar-refractivity contribution in [1.82, 2.24) is 5.32 Å². The van der Waals surface area contributed by atoms with Crippen LogP contribution in [0, 0.1) is 5.92 Å². The van der Waals surface area contributed by atoms with E-state index in [1.165, 1.54) is 0 Å². The number of amides is 1. The predicted octanol–water partition coefficient (Wildman–Crippen LogP) is 1.47. The van der Waals surface area contributed by atoms with E-state index >= 15 is 0 Å². The molecule has 102 valence electrons. The Hall–Kier alpha value is -1.55. The highest BCUT2D eigenvalue weighted by Gasteiger charge is 2.33. The van der Waals surface area contributed by atoms with Crippen LogP contribution in [0.15, 0.2) is 24.3 Å². The minimum absolute atomic E-state index is 0.0859. The van der Waals surface area contributed by atoms with Crippen LogP contribution in [0.2, 0.25) is 0 Å². The number of benzene rings is 1. The maximum absolute atomic E-state index is 12.4. The molecule has 1 saturated carbocycles. The van der Waals surface area contributed by atoms with Gasteiger partial charge in [0.1, 0.15) is 0 Å². The van der Waals surface area contributed by atoms with Crippen molar-refractivity contribution in [2.75, 3.05) is 18.5 Å². The molecule has 1 heterocycles. The number of carbonyl (C=O) groups excluding carboxylic acids is 1. The lowest BCUT2D eigenvalue weighted by Gasteiger charge is -2.21. The summed E-state index contributed by atoms with van der Waals surface area (Å²) in [5.41, 5.74) is 2.14. The summed E-state index contributed by atoms with van der Waals surface area (Å²) >= 11 is 0. The summed E-state index contributed by atoms with van der Waals surface area (Å²) in [7, 11) is 0. The molecule has 1 aromatic carbocycles. The smallest absolute Gasteiger partial charge is 0.229 e. The molecule has 0 spiro atoms. The fraction of sp³-hybridized carbons (Fsp3) is 0.533. The Morgan fingerprint density at radius 3 is 3.05 bits per heavy atom. The maximum atomic E-state index is 12.4. The van der Waals surface area contributed by atoms with Gasteiger partial charge in [0.15, 0.2) is 0 Å². The number of hydrogen-bond donors (Lipinski definition) is 3. The highest BCUT2D eigenvalue weighted by atomic mass is 16.3. The second kappa shape index (κ2) is 5.21. The highest BCUT2D eigenvalue weighted by molar-refractivity contribution is 5.88. The Labute approximate surface area is 113 Å². The Morgan fingerprint density at radius 1 is 1.37 bits per heavy atom. The van der Waals surface area contributed by atoms with Gasteiger partial charge in [-0.15, -0.1) is 0 Å². The molecular formula is C15H20N2O2. The van der Waals surface area contributed by atoms with Crippen LogP contribution in [-0.2, 0) is 4.79 Å².